The Kier molecular flexibility index (Phi) is 7.17. The molecule has 0 aliphatic rings. The standard InChI is InChI=1S/C14H19Cl3OS/c1-4-8(2)5-6-9(3)19-11-7-10(15)14(18)13(17)12(11)16/h7-9,18H,4-6H2,1-3H3. The lowest BCUT2D eigenvalue weighted by molar-refractivity contribution is 0.475. The van der Waals surface area contributed by atoms with Crippen molar-refractivity contribution in [3.63, 3.8) is 0 Å². The summed E-state index contributed by atoms with van der Waals surface area (Å²) in [5.74, 6) is 0.593. The van der Waals surface area contributed by atoms with Gasteiger partial charge in [-0.15, -0.1) is 11.8 Å². The van der Waals surface area contributed by atoms with Gasteiger partial charge in [0.15, 0.2) is 5.75 Å². The summed E-state index contributed by atoms with van der Waals surface area (Å²) in [6, 6.07) is 1.68. The first-order chi connectivity index (χ1) is 8.86. The Morgan fingerprint density at radius 1 is 1.16 bits per heavy atom. The predicted molar refractivity (Wildman–Crippen MR) is 87.1 cm³/mol. The van der Waals surface area contributed by atoms with Crippen molar-refractivity contribution in [3.05, 3.63) is 21.1 Å². The monoisotopic (exact) mass is 340 g/mol. The lowest BCUT2D eigenvalue weighted by Gasteiger charge is -2.16. The molecular weight excluding hydrogens is 323 g/mol. The van der Waals surface area contributed by atoms with E-state index in [1.807, 2.05) is 0 Å². The minimum Gasteiger partial charge on any atom is -0.505 e. The summed E-state index contributed by atoms with van der Waals surface area (Å²) in [6.45, 7) is 6.63. The van der Waals surface area contributed by atoms with Crippen molar-refractivity contribution in [1.82, 2.24) is 0 Å². The Hall–Kier alpha value is 0.240. The second-order valence-electron chi connectivity index (χ2n) is 4.85. The Morgan fingerprint density at radius 2 is 1.79 bits per heavy atom. The zero-order chi connectivity index (χ0) is 14.6. The highest BCUT2D eigenvalue weighted by Gasteiger charge is 2.16. The Morgan fingerprint density at radius 3 is 2.37 bits per heavy atom. The molecule has 0 saturated heterocycles. The normalized spacial score (nSPS) is 14.4. The van der Waals surface area contributed by atoms with Gasteiger partial charge in [0.1, 0.15) is 5.02 Å². The van der Waals surface area contributed by atoms with Crippen molar-refractivity contribution in [2.45, 2.75) is 50.2 Å². The molecule has 19 heavy (non-hydrogen) atoms. The van der Waals surface area contributed by atoms with Gasteiger partial charge in [-0.1, -0.05) is 62.0 Å². The number of aromatic hydroxyl groups is 1. The molecule has 2 unspecified atom stereocenters. The lowest BCUT2D eigenvalue weighted by Crippen LogP contribution is -2.01. The van der Waals surface area contributed by atoms with E-state index in [9.17, 15) is 5.11 Å². The summed E-state index contributed by atoms with van der Waals surface area (Å²) in [4.78, 5) is 0.825. The molecule has 1 nitrogen and oxygen atoms in total. The molecule has 0 bridgehead atoms. The summed E-state index contributed by atoms with van der Waals surface area (Å²) in [6.07, 6.45) is 3.52. The fourth-order valence-electron chi connectivity index (χ4n) is 1.65. The smallest absolute Gasteiger partial charge is 0.154 e. The summed E-state index contributed by atoms with van der Waals surface area (Å²) in [7, 11) is 0. The largest absolute Gasteiger partial charge is 0.505 e. The van der Waals surface area contributed by atoms with E-state index >= 15 is 0 Å². The molecule has 0 amide bonds. The maximum absolute atomic E-state index is 9.60. The van der Waals surface area contributed by atoms with Crippen LogP contribution in [0.15, 0.2) is 11.0 Å². The summed E-state index contributed by atoms with van der Waals surface area (Å²) in [5.41, 5.74) is 0. The van der Waals surface area contributed by atoms with Crippen LogP contribution in [0.5, 0.6) is 5.75 Å². The van der Waals surface area contributed by atoms with Crippen LogP contribution in [0, 0.1) is 5.92 Å². The molecule has 0 saturated carbocycles. The molecule has 1 rings (SSSR count). The summed E-state index contributed by atoms with van der Waals surface area (Å²) in [5, 5.41) is 10.8. The maximum atomic E-state index is 9.60. The van der Waals surface area contributed by atoms with Gasteiger partial charge in [-0.3, -0.25) is 0 Å². The molecule has 0 aliphatic carbocycles. The quantitative estimate of drug-likeness (QED) is 0.461. The number of thioether (sulfide) groups is 1. The van der Waals surface area contributed by atoms with Crippen LogP contribution >= 0.6 is 46.6 Å². The molecule has 0 heterocycles. The van der Waals surface area contributed by atoms with Gasteiger partial charge < -0.3 is 5.11 Å². The summed E-state index contributed by atoms with van der Waals surface area (Å²) >= 11 is 19.6. The van der Waals surface area contributed by atoms with Crippen molar-refractivity contribution in [2.24, 2.45) is 5.92 Å². The fourth-order valence-corrected chi connectivity index (χ4v) is 3.58. The predicted octanol–water partition coefficient (Wildman–Crippen LogP) is 6.66. The fraction of sp³-hybridized carbons (Fsp3) is 0.571. The van der Waals surface area contributed by atoms with Gasteiger partial charge in [-0.25, -0.2) is 0 Å². The summed E-state index contributed by atoms with van der Waals surface area (Å²) < 4.78 is 0. The highest BCUT2D eigenvalue weighted by Crippen LogP contribution is 2.44. The number of phenols is 1. The van der Waals surface area contributed by atoms with E-state index in [2.05, 4.69) is 20.8 Å². The molecule has 0 fully saturated rings. The van der Waals surface area contributed by atoms with Gasteiger partial charge in [0.25, 0.3) is 0 Å². The van der Waals surface area contributed by atoms with Crippen molar-refractivity contribution in [2.75, 3.05) is 0 Å². The van der Waals surface area contributed by atoms with Crippen LogP contribution in [0.3, 0.4) is 0 Å². The topological polar surface area (TPSA) is 20.2 Å². The third-order valence-corrected chi connectivity index (χ3v) is 5.66. The molecule has 0 aromatic heterocycles. The average molecular weight is 342 g/mol. The molecule has 0 radical (unpaired) electrons. The van der Waals surface area contributed by atoms with Crippen LogP contribution in [-0.4, -0.2) is 10.4 Å². The highest BCUT2D eigenvalue weighted by atomic mass is 35.5. The van der Waals surface area contributed by atoms with E-state index in [0.29, 0.717) is 10.3 Å². The minimum absolute atomic E-state index is 0.130. The highest BCUT2D eigenvalue weighted by molar-refractivity contribution is 8.00. The molecular formula is C14H19Cl3OS. The van der Waals surface area contributed by atoms with Crippen LogP contribution in [0.25, 0.3) is 0 Å². The van der Waals surface area contributed by atoms with Crippen molar-refractivity contribution in [1.29, 1.82) is 0 Å². The number of hydrogen-bond acceptors (Lipinski definition) is 2. The molecule has 1 aromatic carbocycles. The van der Waals surface area contributed by atoms with Gasteiger partial charge in [0.05, 0.1) is 10.0 Å². The van der Waals surface area contributed by atoms with Crippen LogP contribution < -0.4 is 0 Å². The number of phenolic OH excluding ortho intramolecular Hbond substituents is 1. The molecule has 0 aliphatic heterocycles. The lowest BCUT2D eigenvalue weighted by atomic mass is 10.0. The first-order valence-electron chi connectivity index (χ1n) is 6.39. The Bertz CT molecular complexity index is 437. The van der Waals surface area contributed by atoms with Gasteiger partial charge in [0.2, 0.25) is 0 Å². The number of benzene rings is 1. The molecule has 1 N–H and O–H groups in total. The van der Waals surface area contributed by atoms with E-state index in [-0.39, 0.29) is 15.8 Å². The second-order valence-corrected chi connectivity index (χ2v) is 7.50. The zero-order valence-corrected chi connectivity index (χ0v) is 14.4. The molecule has 0 spiro atoms. The zero-order valence-electron chi connectivity index (χ0n) is 11.3. The minimum atomic E-state index is -0.148. The van der Waals surface area contributed by atoms with Crippen LogP contribution in [0.4, 0.5) is 0 Å². The van der Waals surface area contributed by atoms with E-state index in [1.54, 1.807) is 17.8 Å². The van der Waals surface area contributed by atoms with Crippen molar-refractivity contribution < 1.29 is 5.11 Å². The molecule has 2 atom stereocenters. The van der Waals surface area contributed by atoms with E-state index < -0.39 is 0 Å². The maximum Gasteiger partial charge on any atom is 0.154 e. The Labute approximate surface area is 134 Å². The van der Waals surface area contributed by atoms with Crippen molar-refractivity contribution in [3.8, 4) is 5.75 Å². The number of hydrogen-bond donors (Lipinski definition) is 1. The van der Waals surface area contributed by atoms with Gasteiger partial charge >= 0.3 is 0 Å². The molecule has 108 valence electrons. The average Bonchev–Trinajstić information content (AvgIpc) is 2.39. The first-order valence-corrected chi connectivity index (χ1v) is 8.41. The van der Waals surface area contributed by atoms with E-state index in [4.69, 9.17) is 34.8 Å². The van der Waals surface area contributed by atoms with Gasteiger partial charge in [0, 0.05) is 10.1 Å². The van der Waals surface area contributed by atoms with Gasteiger partial charge in [-0.05, 0) is 24.8 Å². The third-order valence-electron chi connectivity index (χ3n) is 3.19. The van der Waals surface area contributed by atoms with Crippen LogP contribution in [-0.2, 0) is 0 Å². The number of halogens is 3. The SMILES string of the molecule is CCC(C)CCC(C)Sc1cc(Cl)c(O)c(Cl)c1Cl. The second kappa shape index (κ2) is 7.87. The van der Waals surface area contributed by atoms with Crippen LogP contribution in [0.2, 0.25) is 15.1 Å². The third kappa shape index (κ3) is 4.93. The Balaban J connectivity index is 2.72. The molecule has 5 heteroatoms. The number of rotatable bonds is 6. The van der Waals surface area contributed by atoms with Crippen molar-refractivity contribution >= 4 is 46.6 Å². The van der Waals surface area contributed by atoms with E-state index in [1.165, 1.54) is 12.8 Å². The first kappa shape index (κ1) is 17.3. The molecule has 1 aromatic rings. The van der Waals surface area contributed by atoms with E-state index in [0.717, 1.165) is 17.2 Å². The van der Waals surface area contributed by atoms with Crippen LogP contribution in [0.1, 0.15) is 40.0 Å². The van der Waals surface area contributed by atoms with Gasteiger partial charge in [-0.2, -0.15) is 0 Å².